The van der Waals surface area contributed by atoms with Crippen LogP contribution >= 0.6 is 11.8 Å². The zero-order chi connectivity index (χ0) is 6.81. The molecule has 0 amide bonds. The Balaban J connectivity index is 2.12. The number of thioether (sulfide) groups is 1. The Labute approximate surface area is 65.6 Å². The van der Waals surface area contributed by atoms with Crippen molar-refractivity contribution < 1.29 is 0 Å². The zero-order valence-corrected chi connectivity index (χ0v) is 6.60. The van der Waals surface area contributed by atoms with Gasteiger partial charge in [0.15, 0.2) is 0 Å². The summed E-state index contributed by atoms with van der Waals surface area (Å²) < 4.78 is 0. The molecular weight excluding hydrogens is 142 g/mol. The van der Waals surface area contributed by atoms with Crippen molar-refractivity contribution in [2.75, 3.05) is 5.75 Å². The molecule has 2 aliphatic rings. The molecule has 2 heterocycles. The number of fused-ring (bicyclic) bond motifs is 1. The van der Waals surface area contributed by atoms with E-state index in [4.69, 9.17) is 0 Å². The SMILES string of the molecule is C1=CC2NC=CCC2SC1. The lowest BCUT2D eigenvalue weighted by Gasteiger charge is -2.29. The number of nitrogens with one attached hydrogen (secondary N) is 1. The van der Waals surface area contributed by atoms with E-state index in [1.165, 1.54) is 12.2 Å². The molecule has 0 aliphatic carbocycles. The van der Waals surface area contributed by atoms with Gasteiger partial charge in [-0.3, -0.25) is 0 Å². The van der Waals surface area contributed by atoms with Crippen molar-refractivity contribution in [1.29, 1.82) is 0 Å². The van der Waals surface area contributed by atoms with Gasteiger partial charge in [0.05, 0.1) is 6.04 Å². The molecule has 1 nitrogen and oxygen atoms in total. The van der Waals surface area contributed by atoms with E-state index in [0.717, 1.165) is 5.25 Å². The van der Waals surface area contributed by atoms with Crippen molar-refractivity contribution in [3.05, 3.63) is 24.4 Å². The first-order valence-electron chi connectivity index (χ1n) is 3.66. The summed E-state index contributed by atoms with van der Waals surface area (Å²) in [5.41, 5.74) is 0. The highest BCUT2D eigenvalue weighted by Crippen LogP contribution is 2.25. The number of hydrogen-bond acceptors (Lipinski definition) is 2. The van der Waals surface area contributed by atoms with E-state index in [1.807, 2.05) is 11.8 Å². The molecule has 0 aromatic rings. The fourth-order valence-corrected chi connectivity index (χ4v) is 2.46. The van der Waals surface area contributed by atoms with E-state index in [1.54, 1.807) is 0 Å². The lowest BCUT2D eigenvalue weighted by molar-refractivity contribution is 0.629. The Bertz CT molecular complexity index is 174. The summed E-state index contributed by atoms with van der Waals surface area (Å²) in [7, 11) is 0. The molecule has 0 saturated heterocycles. The zero-order valence-electron chi connectivity index (χ0n) is 5.79. The molecule has 2 rings (SSSR count). The molecule has 10 heavy (non-hydrogen) atoms. The number of allylic oxidation sites excluding steroid dienone is 1. The molecule has 0 aromatic carbocycles. The van der Waals surface area contributed by atoms with Gasteiger partial charge in [0, 0.05) is 11.0 Å². The summed E-state index contributed by atoms with van der Waals surface area (Å²) >= 11 is 2.05. The Morgan fingerprint density at radius 2 is 2.40 bits per heavy atom. The van der Waals surface area contributed by atoms with E-state index in [0.29, 0.717) is 6.04 Å². The average Bonchev–Trinajstić information content (AvgIpc) is 2.05. The first-order valence-corrected chi connectivity index (χ1v) is 4.71. The maximum Gasteiger partial charge on any atom is 0.0561 e. The first-order chi connectivity index (χ1) is 4.97. The lowest BCUT2D eigenvalue weighted by atomic mass is 10.1. The molecule has 0 radical (unpaired) electrons. The van der Waals surface area contributed by atoms with Crippen molar-refractivity contribution in [3.8, 4) is 0 Å². The number of hydrogen-bond donors (Lipinski definition) is 1. The summed E-state index contributed by atoms with van der Waals surface area (Å²) in [6.45, 7) is 0. The fraction of sp³-hybridized carbons (Fsp3) is 0.500. The van der Waals surface area contributed by atoms with E-state index in [2.05, 4.69) is 29.7 Å². The molecule has 0 saturated carbocycles. The van der Waals surface area contributed by atoms with Crippen molar-refractivity contribution >= 4 is 11.8 Å². The monoisotopic (exact) mass is 153 g/mol. The Morgan fingerprint density at radius 3 is 3.30 bits per heavy atom. The largest absolute Gasteiger partial charge is 0.384 e. The van der Waals surface area contributed by atoms with Crippen LogP contribution in [0.25, 0.3) is 0 Å². The quantitative estimate of drug-likeness (QED) is 0.530. The van der Waals surface area contributed by atoms with Gasteiger partial charge in [0.25, 0.3) is 0 Å². The molecule has 2 aliphatic heterocycles. The predicted octanol–water partition coefficient (Wildman–Crippen LogP) is 1.53. The minimum atomic E-state index is 0.601. The second kappa shape index (κ2) is 2.70. The van der Waals surface area contributed by atoms with Gasteiger partial charge in [-0.25, -0.2) is 0 Å². The van der Waals surface area contributed by atoms with Crippen LogP contribution in [0.4, 0.5) is 0 Å². The molecule has 0 spiro atoms. The average molecular weight is 153 g/mol. The molecule has 0 fully saturated rings. The maximum atomic E-state index is 3.33. The molecule has 0 bridgehead atoms. The standard InChI is InChI=1S/C8H11NS/c1-4-8-7(9-5-1)3-2-6-10-8/h1-3,5,7-9H,4,6H2. The summed E-state index contributed by atoms with van der Waals surface area (Å²) in [4.78, 5) is 0. The Kier molecular flexibility index (Phi) is 1.72. The third kappa shape index (κ3) is 1.08. The molecule has 1 N–H and O–H groups in total. The summed E-state index contributed by atoms with van der Waals surface area (Å²) in [5, 5.41) is 4.12. The maximum absolute atomic E-state index is 3.33. The molecule has 0 aromatic heterocycles. The number of rotatable bonds is 0. The van der Waals surface area contributed by atoms with Gasteiger partial charge in [0.1, 0.15) is 0 Å². The van der Waals surface area contributed by atoms with Crippen LogP contribution in [0.15, 0.2) is 24.4 Å². The summed E-state index contributed by atoms with van der Waals surface area (Å²) in [5.74, 6) is 1.19. The third-order valence-corrected chi connectivity index (χ3v) is 3.22. The van der Waals surface area contributed by atoms with Crippen molar-refractivity contribution in [3.63, 3.8) is 0 Å². The van der Waals surface area contributed by atoms with Gasteiger partial charge < -0.3 is 5.32 Å². The van der Waals surface area contributed by atoms with Crippen molar-refractivity contribution in [2.45, 2.75) is 17.7 Å². The van der Waals surface area contributed by atoms with Gasteiger partial charge >= 0.3 is 0 Å². The van der Waals surface area contributed by atoms with Crippen molar-refractivity contribution in [1.82, 2.24) is 5.32 Å². The van der Waals surface area contributed by atoms with Crippen LogP contribution in [0, 0.1) is 0 Å². The van der Waals surface area contributed by atoms with Gasteiger partial charge in [-0.05, 0) is 12.6 Å². The van der Waals surface area contributed by atoms with Crippen LogP contribution in [0.5, 0.6) is 0 Å². The highest BCUT2D eigenvalue weighted by molar-refractivity contribution is 8.00. The molecular formula is C8H11NS. The van der Waals surface area contributed by atoms with Crippen LogP contribution in [0.3, 0.4) is 0 Å². The minimum Gasteiger partial charge on any atom is -0.384 e. The van der Waals surface area contributed by atoms with E-state index in [-0.39, 0.29) is 0 Å². The van der Waals surface area contributed by atoms with Gasteiger partial charge in [-0.2, -0.15) is 11.8 Å². The van der Waals surface area contributed by atoms with Gasteiger partial charge in [0.2, 0.25) is 0 Å². The molecule has 2 atom stereocenters. The van der Waals surface area contributed by atoms with Crippen LogP contribution in [0.2, 0.25) is 0 Å². The van der Waals surface area contributed by atoms with Gasteiger partial charge in [-0.1, -0.05) is 18.2 Å². The van der Waals surface area contributed by atoms with Crippen LogP contribution in [-0.2, 0) is 0 Å². The predicted molar refractivity (Wildman–Crippen MR) is 46.1 cm³/mol. The Morgan fingerprint density at radius 1 is 1.40 bits per heavy atom. The third-order valence-electron chi connectivity index (χ3n) is 1.93. The molecule has 2 heteroatoms. The Hall–Kier alpha value is -0.370. The second-order valence-electron chi connectivity index (χ2n) is 2.63. The lowest BCUT2D eigenvalue weighted by Crippen LogP contribution is -2.37. The summed E-state index contributed by atoms with van der Waals surface area (Å²) in [6.07, 6.45) is 10.0. The minimum absolute atomic E-state index is 0.601. The fourth-order valence-electron chi connectivity index (χ4n) is 1.37. The van der Waals surface area contributed by atoms with Crippen molar-refractivity contribution in [2.24, 2.45) is 0 Å². The van der Waals surface area contributed by atoms with E-state index in [9.17, 15) is 0 Å². The topological polar surface area (TPSA) is 12.0 Å². The van der Waals surface area contributed by atoms with Crippen LogP contribution < -0.4 is 5.32 Å². The van der Waals surface area contributed by atoms with E-state index >= 15 is 0 Å². The van der Waals surface area contributed by atoms with E-state index < -0.39 is 0 Å². The highest BCUT2D eigenvalue weighted by atomic mass is 32.2. The van der Waals surface area contributed by atoms with Crippen LogP contribution in [0.1, 0.15) is 6.42 Å². The smallest absolute Gasteiger partial charge is 0.0561 e. The summed E-state index contributed by atoms with van der Waals surface area (Å²) in [6, 6.07) is 0.601. The normalized spacial score (nSPS) is 36.8. The second-order valence-corrected chi connectivity index (χ2v) is 3.90. The van der Waals surface area contributed by atoms with Gasteiger partial charge in [-0.15, -0.1) is 0 Å². The first kappa shape index (κ1) is 6.35. The highest BCUT2D eigenvalue weighted by Gasteiger charge is 2.21. The molecule has 54 valence electrons. The molecule has 2 unspecified atom stereocenters. The van der Waals surface area contributed by atoms with Crippen LogP contribution in [-0.4, -0.2) is 17.0 Å².